The van der Waals surface area contributed by atoms with Crippen molar-refractivity contribution in [2.75, 3.05) is 0 Å². The van der Waals surface area contributed by atoms with Crippen LogP contribution in [0.2, 0.25) is 0 Å². The summed E-state index contributed by atoms with van der Waals surface area (Å²) in [5, 5.41) is 0. The van der Waals surface area contributed by atoms with E-state index in [-0.39, 0.29) is 0 Å². The Morgan fingerprint density at radius 2 is 1.47 bits per heavy atom. The first-order valence-electron chi connectivity index (χ1n) is 7.93. The topological polar surface area (TPSA) is 26.0 Å². The summed E-state index contributed by atoms with van der Waals surface area (Å²) in [4.78, 5) is 0. The first-order chi connectivity index (χ1) is 8.17. The fraction of sp³-hybridized carbons (Fsp3) is 1.00. The smallest absolute Gasteiger partial charge is 0.00982 e. The van der Waals surface area contributed by atoms with E-state index in [1.165, 1.54) is 19.3 Å². The fourth-order valence-electron chi connectivity index (χ4n) is 6.54. The zero-order chi connectivity index (χ0) is 11.7. The molecular weight excluding hydrogens is 206 g/mol. The summed E-state index contributed by atoms with van der Waals surface area (Å²) >= 11 is 0. The molecule has 0 heterocycles. The SMILES string of the molecule is CCC(N)C1(C23CC4CC(CC(C4)C2)C3)CC1. The Morgan fingerprint density at radius 1 is 1.00 bits per heavy atom. The molecule has 5 rings (SSSR count). The van der Waals surface area contributed by atoms with Crippen LogP contribution in [0.1, 0.15) is 64.7 Å². The number of rotatable bonds is 3. The van der Waals surface area contributed by atoms with Gasteiger partial charge >= 0.3 is 0 Å². The normalized spacial score (nSPS) is 51.5. The standard InChI is InChI=1S/C16H27N/c1-2-14(17)16(3-4-16)15-8-11-5-12(9-15)7-13(6-11)10-15/h11-14H,2-10,17H2,1H3. The van der Waals surface area contributed by atoms with Crippen molar-refractivity contribution in [2.24, 2.45) is 34.3 Å². The maximum absolute atomic E-state index is 6.53. The van der Waals surface area contributed by atoms with Crippen LogP contribution in [-0.2, 0) is 0 Å². The van der Waals surface area contributed by atoms with Crippen LogP contribution in [0.25, 0.3) is 0 Å². The molecule has 1 unspecified atom stereocenters. The van der Waals surface area contributed by atoms with Crippen LogP contribution in [0, 0.1) is 28.6 Å². The van der Waals surface area contributed by atoms with Crippen LogP contribution < -0.4 is 5.73 Å². The molecule has 17 heavy (non-hydrogen) atoms. The van der Waals surface area contributed by atoms with Gasteiger partial charge in [0.15, 0.2) is 0 Å². The molecule has 2 N–H and O–H groups in total. The van der Waals surface area contributed by atoms with Crippen molar-refractivity contribution in [2.45, 2.75) is 70.8 Å². The molecule has 5 saturated carbocycles. The highest BCUT2D eigenvalue weighted by atomic mass is 14.8. The van der Waals surface area contributed by atoms with Crippen LogP contribution in [0.15, 0.2) is 0 Å². The van der Waals surface area contributed by atoms with E-state index in [0.717, 1.165) is 17.8 Å². The highest BCUT2D eigenvalue weighted by Gasteiger charge is 2.66. The van der Waals surface area contributed by atoms with Gasteiger partial charge in [-0.25, -0.2) is 0 Å². The van der Waals surface area contributed by atoms with E-state index in [9.17, 15) is 0 Å². The molecule has 0 aromatic rings. The minimum atomic E-state index is 0.499. The van der Waals surface area contributed by atoms with Crippen molar-refractivity contribution < 1.29 is 0 Å². The molecule has 0 aliphatic heterocycles. The second-order valence-corrected chi connectivity index (χ2v) is 7.87. The van der Waals surface area contributed by atoms with Crippen LogP contribution in [0.4, 0.5) is 0 Å². The number of hydrogen-bond donors (Lipinski definition) is 1. The van der Waals surface area contributed by atoms with E-state index in [1.807, 2.05) is 0 Å². The molecule has 5 fully saturated rings. The van der Waals surface area contributed by atoms with E-state index in [0.29, 0.717) is 16.9 Å². The lowest BCUT2D eigenvalue weighted by atomic mass is 9.44. The molecule has 5 aliphatic rings. The van der Waals surface area contributed by atoms with Gasteiger partial charge in [0.25, 0.3) is 0 Å². The van der Waals surface area contributed by atoms with Gasteiger partial charge in [0.05, 0.1) is 0 Å². The molecule has 0 radical (unpaired) electrons. The van der Waals surface area contributed by atoms with E-state index in [2.05, 4.69) is 6.92 Å². The van der Waals surface area contributed by atoms with Crippen LogP contribution in [0.3, 0.4) is 0 Å². The van der Waals surface area contributed by atoms with Gasteiger partial charge in [-0.2, -0.15) is 0 Å². The average Bonchev–Trinajstić information content (AvgIpc) is 3.07. The fourth-order valence-corrected chi connectivity index (χ4v) is 6.54. The summed E-state index contributed by atoms with van der Waals surface area (Å²) in [5.41, 5.74) is 7.84. The predicted molar refractivity (Wildman–Crippen MR) is 70.5 cm³/mol. The first-order valence-corrected chi connectivity index (χ1v) is 7.93. The lowest BCUT2D eigenvalue weighted by Crippen LogP contribution is -2.54. The summed E-state index contributed by atoms with van der Waals surface area (Å²) in [6, 6.07) is 0.499. The second-order valence-electron chi connectivity index (χ2n) is 7.87. The van der Waals surface area contributed by atoms with Crippen molar-refractivity contribution in [1.82, 2.24) is 0 Å². The second kappa shape index (κ2) is 3.29. The van der Waals surface area contributed by atoms with Crippen molar-refractivity contribution in [3.05, 3.63) is 0 Å². The zero-order valence-electron chi connectivity index (χ0n) is 11.3. The minimum Gasteiger partial charge on any atom is -0.327 e. The molecule has 1 nitrogen and oxygen atoms in total. The first kappa shape index (κ1) is 10.8. The Morgan fingerprint density at radius 3 is 1.82 bits per heavy atom. The monoisotopic (exact) mass is 233 g/mol. The third kappa shape index (κ3) is 1.30. The molecule has 1 atom stereocenters. The molecule has 0 aromatic carbocycles. The summed E-state index contributed by atoms with van der Waals surface area (Å²) in [5.74, 6) is 3.26. The van der Waals surface area contributed by atoms with Gasteiger partial charge in [-0.15, -0.1) is 0 Å². The lowest BCUT2D eigenvalue weighted by Gasteiger charge is -2.61. The summed E-state index contributed by atoms with van der Waals surface area (Å²) in [6.07, 6.45) is 13.4. The summed E-state index contributed by atoms with van der Waals surface area (Å²) in [7, 11) is 0. The highest BCUT2D eigenvalue weighted by molar-refractivity contribution is 5.17. The van der Waals surface area contributed by atoms with Crippen molar-refractivity contribution in [3.63, 3.8) is 0 Å². The summed E-state index contributed by atoms with van der Waals surface area (Å²) < 4.78 is 0. The Hall–Kier alpha value is -0.0400. The van der Waals surface area contributed by atoms with E-state index >= 15 is 0 Å². The van der Waals surface area contributed by atoms with E-state index in [4.69, 9.17) is 5.73 Å². The van der Waals surface area contributed by atoms with E-state index in [1.54, 1.807) is 38.5 Å². The highest BCUT2D eigenvalue weighted by Crippen LogP contribution is 2.74. The van der Waals surface area contributed by atoms with Gasteiger partial charge in [-0.05, 0) is 86.4 Å². The minimum absolute atomic E-state index is 0.499. The molecular formula is C16H27N. The van der Waals surface area contributed by atoms with Crippen molar-refractivity contribution in [1.29, 1.82) is 0 Å². The third-order valence-corrected chi connectivity index (χ3v) is 7.03. The number of hydrogen-bond acceptors (Lipinski definition) is 1. The van der Waals surface area contributed by atoms with Gasteiger partial charge in [0.2, 0.25) is 0 Å². The zero-order valence-corrected chi connectivity index (χ0v) is 11.3. The van der Waals surface area contributed by atoms with Gasteiger partial charge in [-0.1, -0.05) is 6.92 Å². The Bertz CT molecular complexity index is 293. The molecule has 0 saturated heterocycles. The van der Waals surface area contributed by atoms with Gasteiger partial charge in [-0.3, -0.25) is 0 Å². The largest absolute Gasteiger partial charge is 0.327 e. The van der Waals surface area contributed by atoms with Crippen molar-refractivity contribution in [3.8, 4) is 0 Å². The van der Waals surface area contributed by atoms with E-state index < -0.39 is 0 Å². The molecule has 0 amide bonds. The molecule has 4 bridgehead atoms. The van der Waals surface area contributed by atoms with Gasteiger partial charge in [0.1, 0.15) is 0 Å². The predicted octanol–water partition coefficient (Wildman–Crippen LogP) is 3.72. The van der Waals surface area contributed by atoms with Gasteiger partial charge < -0.3 is 5.73 Å². The molecule has 96 valence electrons. The Labute approximate surface area is 106 Å². The maximum atomic E-state index is 6.53. The molecule has 1 heteroatoms. The lowest BCUT2D eigenvalue weighted by molar-refractivity contribution is -0.104. The molecule has 0 aromatic heterocycles. The Kier molecular flexibility index (Phi) is 2.10. The quantitative estimate of drug-likeness (QED) is 0.790. The van der Waals surface area contributed by atoms with Crippen molar-refractivity contribution >= 4 is 0 Å². The number of nitrogens with two attached hydrogens (primary N) is 1. The molecule has 0 spiro atoms. The average molecular weight is 233 g/mol. The molecule has 5 aliphatic carbocycles. The van der Waals surface area contributed by atoms with Crippen LogP contribution >= 0.6 is 0 Å². The Balaban J connectivity index is 1.68. The third-order valence-electron chi connectivity index (χ3n) is 7.03. The van der Waals surface area contributed by atoms with Crippen LogP contribution in [0.5, 0.6) is 0 Å². The maximum Gasteiger partial charge on any atom is 0.00982 e. The summed E-state index contributed by atoms with van der Waals surface area (Å²) in [6.45, 7) is 2.30. The van der Waals surface area contributed by atoms with Gasteiger partial charge in [0, 0.05) is 6.04 Å². The van der Waals surface area contributed by atoms with Crippen LogP contribution in [-0.4, -0.2) is 6.04 Å².